The van der Waals surface area contributed by atoms with Crippen molar-refractivity contribution in [1.29, 1.82) is 0 Å². The van der Waals surface area contributed by atoms with Crippen molar-refractivity contribution < 1.29 is 42.9 Å². The molecule has 0 amide bonds. The smallest absolute Gasteiger partial charge is 0.361 e. The SMILES string of the molecule is CCCCCCC/C=C\C/C=C\C/C=C\CCCCCCCCC(=O)OC(COC(=O)CCCCCCCCCCCCCCCCCCCCCCCCCCCCCCCCCCCCCC)COC(OCC[N+](C)(C)C)C(=O)O. The second kappa shape index (κ2) is 64.5. The first-order chi connectivity index (χ1) is 40.1. The third kappa shape index (κ3) is 65.1. The number of esters is 2. The molecule has 82 heavy (non-hydrogen) atoms. The van der Waals surface area contributed by atoms with Gasteiger partial charge in [-0.25, -0.2) is 4.79 Å². The van der Waals surface area contributed by atoms with E-state index in [9.17, 15) is 19.5 Å². The molecule has 9 nitrogen and oxygen atoms in total. The van der Waals surface area contributed by atoms with Crippen molar-refractivity contribution in [2.24, 2.45) is 0 Å². The van der Waals surface area contributed by atoms with Crippen LogP contribution in [0.25, 0.3) is 0 Å². The van der Waals surface area contributed by atoms with Gasteiger partial charge >= 0.3 is 17.9 Å². The monoisotopic (exact) mass is 1160 g/mol. The zero-order valence-electron chi connectivity index (χ0n) is 55.2. The van der Waals surface area contributed by atoms with Crippen LogP contribution in [-0.4, -0.2) is 87.4 Å². The molecule has 0 aromatic heterocycles. The summed E-state index contributed by atoms with van der Waals surface area (Å²) in [6.45, 7) is 4.91. The van der Waals surface area contributed by atoms with Gasteiger partial charge in [0.05, 0.1) is 34.4 Å². The zero-order valence-corrected chi connectivity index (χ0v) is 55.2. The number of aliphatic carboxylic acids is 1. The highest BCUT2D eigenvalue weighted by atomic mass is 16.7. The lowest BCUT2D eigenvalue weighted by Gasteiger charge is -2.25. The highest BCUT2D eigenvalue weighted by Gasteiger charge is 2.25. The number of allylic oxidation sites excluding steroid dienone is 6. The molecule has 0 heterocycles. The van der Waals surface area contributed by atoms with E-state index in [1.165, 1.54) is 263 Å². The average Bonchev–Trinajstić information content (AvgIpc) is 3.47. The lowest BCUT2D eigenvalue weighted by Crippen LogP contribution is -2.40. The highest BCUT2D eigenvalue weighted by molar-refractivity contribution is 5.71. The Labute approximate surface area is 509 Å². The van der Waals surface area contributed by atoms with Crippen molar-refractivity contribution in [3.05, 3.63) is 36.5 Å². The van der Waals surface area contributed by atoms with Gasteiger partial charge in [-0.05, 0) is 51.4 Å². The quantitative estimate of drug-likeness (QED) is 0.0211. The van der Waals surface area contributed by atoms with E-state index < -0.39 is 24.3 Å². The summed E-state index contributed by atoms with van der Waals surface area (Å²) in [4.78, 5) is 37.6. The molecule has 0 aliphatic rings. The van der Waals surface area contributed by atoms with Crippen LogP contribution in [0.4, 0.5) is 0 Å². The summed E-state index contributed by atoms with van der Waals surface area (Å²) in [6.07, 6.45) is 78.5. The first kappa shape index (κ1) is 79.5. The van der Waals surface area contributed by atoms with Gasteiger partial charge in [0.1, 0.15) is 13.2 Å². The number of rotatable bonds is 67. The molecular weight excluding hydrogens is 1020 g/mol. The number of quaternary nitrogens is 1. The minimum atomic E-state index is -1.51. The number of carbonyl (C=O) groups is 3. The number of carbonyl (C=O) groups excluding carboxylic acids is 2. The van der Waals surface area contributed by atoms with Crippen LogP contribution in [0.2, 0.25) is 0 Å². The first-order valence-corrected chi connectivity index (χ1v) is 35.7. The Morgan fingerprint density at radius 1 is 0.366 bits per heavy atom. The van der Waals surface area contributed by atoms with Crippen molar-refractivity contribution in [3.8, 4) is 0 Å². The number of unbranched alkanes of at least 4 members (excludes halogenated alkanes) is 46. The molecule has 0 saturated carbocycles. The molecule has 9 heteroatoms. The summed E-state index contributed by atoms with van der Waals surface area (Å²) >= 11 is 0. The van der Waals surface area contributed by atoms with Crippen molar-refractivity contribution in [3.63, 3.8) is 0 Å². The van der Waals surface area contributed by atoms with Crippen molar-refractivity contribution in [1.82, 2.24) is 0 Å². The topological polar surface area (TPSA) is 108 Å². The molecule has 0 aliphatic carbocycles. The summed E-state index contributed by atoms with van der Waals surface area (Å²) < 4.78 is 23.0. The molecule has 2 unspecified atom stereocenters. The minimum Gasteiger partial charge on any atom is -0.477 e. The van der Waals surface area contributed by atoms with E-state index in [0.29, 0.717) is 23.9 Å². The van der Waals surface area contributed by atoms with Crippen LogP contribution in [0.15, 0.2) is 36.5 Å². The fourth-order valence-electron chi connectivity index (χ4n) is 10.7. The lowest BCUT2D eigenvalue weighted by atomic mass is 10.0. The van der Waals surface area contributed by atoms with Gasteiger partial charge in [0, 0.05) is 12.8 Å². The Balaban J connectivity index is 4.00. The maximum Gasteiger partial charge on any atom is 0.361 e. The Morgan fingerprint density at radius 2 is 0.659 bits per heavy atom. The summed E-state index contributed by atoms with van der Waals surface area (Å²) in [5, 5.41) is 9.73. The van der Waals surface area contributed by atoms with Gasteiger partial charge in [-0.3, -0.25) is 9.59 Å². The molecule has 0 rings (SSSR count). The van der Waals surface area contributed by atoms with Crippen molar-refractivity contribution >= 4 is 17.9 Å². The Morgan fingerprint density at radius 3 is 0.976 bits per heavy atom. The third-order valence-electron chi connectivity index (χ3n) is 16.1. The van der Waals surface area contributed by atoms with Gasteiger partial charge in [-0.2, -0.15) is 0 Å². The number of ether oxygens (including phenoxy) is 4. The number of carboxylic acids is 1. The molecule has 0 bridgehead atoms. The number of nitrogens with zero attached hydrogens (tertiary/aromatic N) is 1. The summed E-state index contributed by atoms with van der Waals surface area (Å²) in [5.41, 5.74) is 0. The molecule has 482 valence electrons. The molecular formula is C73H138NO8+. The van der Waals surface area contributed by atoms with E-state index in [4.69, 9.17) is 18.9 Å². The third-order valence-corrected chi connectivity index (χ3v) is 16.1. The van der Waals surface area contributed by atoms with Crippen LogP contribution in [0.3, 0.4) is 0 Å². The van der Waals surface area contributed by atoms with Crippen LogP contribution in [0.1, 0.15) is 354 Å². The van der Waals surface area contributed by atoms with E-state index in [-0.39, 0.29) is 32.2 Å². The average molecular weight is 1160 g/mol. The molecule has 2 atom stereocenters. The molecule has 0 saturated heterocycles. The predicted octanol–water partition coefficient (Wildman–Crippen LogP) is 22.0. The summed E-state index contributed by atoms with van der Waals surface area (Å²) in [5.74, 6) is -2.00. The number of likely N-dealkylation sites (N-methyl/N-ethyl adjacent to an activating group) is 1. The molecule has 0 aromatic carbocycles. The summed E-state index contributed by atoms with van der Waals surface area (Å²) in [6, 6.07) is 0. The van der Waals surface area contributed by atoms with Crippen molar-refractivity contribution in [2.45, 2.75) is 367 Å². The van der Waals surface area contributed by atoms with E-state index in [2.05, 4.69) is 50.3 Å². The molecule has 0 fully saturated rings. The summed E-state index contributed by atoms with van der Waals surface area (Å²) in [7, 11) is 5.98. The van der Waals surface area contributed by atoms with Gasteiger partial charge in [-0.1, -0.05) is 326 Å². The van der Waals surface area contributed by atoms with Gasteiger partial charge in [0.25, 0.3) is 6.29 Å². The van der Waals surface area contributed by atoms with Crippen molar-refractivity contribution in [2.75, 3.05) is 47.5 Å². The normalized spacial score (nSPS) is 12.8. The fraction of sp³-hybridized carbons (Fsp3) is 0.877. The highest BCUT2D eigenvalue weighted by Crippen LogP contribution is 2.19. The van der Waals surface area contributed by atoms with Crippen LogP contribution in [-0.2, 0) is 33.3 Å². The standard InChI is InChI=1S/C73H137NO8/c1-6-8-10-12-14-16-18-20-22-24-26-28-29-30-31-32-33-34-35-36-37-38-39-40-41-42-44-45-47-49-51-53-55-57-59-61-63-70(75)80-67-69(68-81-73(72(77)78)79-66-65-74(3,4)5)82-71(76)64-62-60-58-56-54-52-50-48-46-43-27-25-23-21-19-17-15-13-11-9-7-2/h19,21,25,27,46,48,69,73H,6-18,20,22-24,26,28-45,47,49-68H2,1-5H3/p+1/b21-19-,27-25-,48-46-. The Kier molecular flexibility index (Phi) is 62.5. The predicted molar refractivity (Wildman–Crippen MR) is 351 cm³/mol. The molecule has 0 spiro atoms. The Hall–Kier alpha value is -2.49. The van der Waals surface area contributed by atoms with Gasteiger partial charge < -0.3 is 28.5 Å². The number of hydrogen-bond acceptors (Lipinski definition) is 7. The van der Waals surface area contributed by atoms with E-state index in [1.54, 1.807) is 0 Å². The van der Waals surface area contributed by atoms with E-state index >= 15 is 0 Å². The Bertz CT molecular complexity index is 1440. The fourth-order valence-corrected chi connectivity index (χ4v) is 10.7. The molecule has 0 aromatic rings. The van der Waals surface area contributed by atoms with Crippen LogP contribution in [0.5, 0.6) is 0 Å². The maximum atomic E-state index is 12.9. The largest absolute Gasteiger partial charge is 0.477 e. The first-order valence-electron chi connectivity index (χ1n) is 35.7. The second-order valence-corrected chi connectivity index (χ2v) is 25.6. The molecule has 0 radical (unpaired) electrons. The van der Waals surface area contributed by atoms with E-state index in [0.717, 1.165) is 57.8 Å². The minimum absolute atomic E-state index is 0.184. The van der Waals surface area contributed by atoms with Gasteiger partial charge in [0.2, 0.25) is 0 Å². The zero-order chi connectivity index (χ0) is 59.8. The molecule has 1 N–H and O–H groups in total. The number of carboxylic acid groups (broad SMARTS) is 1. The van der Waals surface area contributed by atoms with Crippen LogP contribution < -0.4 is 0 Å². The van der Waals surface area contributed by atoms with Gasteiger partial charge in [0.15, 0.2) is 6.10 Å². The number of hydrogen-bond donors (Lipinski definition) is 1. The lowest BCUT2D eigenvalue weighted by molar-refractivity contribution is -0.870. The second-order valence-electron chi connectivity index (χ2n) is 25.6. The maximum absolute atomic E-state index is 12.9. The van der Waals surface area contributed by atoms with Crippen LogP contribution in [0, 0.1) is 0 Å². The van der Waals surface area contributed by atoms with Gasteiger partial charge in [-0.15, -0.1) is 0 Å². The molecule has 0 aliphatic heterocycles. The van der Waals surface area contributed by atoms with E-state index in [1.807, 2.05) is 21.1 Å². The van der Waals surface area contributed by atoms with Crippen LogP contribution >= 0.6 is 0 Å².